The van der Waals surface area contributed by atoms with Crippen molar-refractivity contribution in [2.75, 3.05) is 36.5 Å². The Balaban J connectivity index is 1.56. The minimum absolute atomic E-state index is 0.364. The van der Waals surface area contributed by atoms with Crippen LogP contribution in [0.15, 0.2) is 42.5 Å². The summed E-state index contributed by atoms with van der Waals surface area (Å²) in [5.41, 5.74) is 4.16. The summed E-state index contributed by atoms with van der Waals surface area (Å²) in [6, 6.07) is 13.1. The first kappa shape index (κ1) is 19.9. The van der Waals surface area contributed by atoms with Gasteiger partial charge in [0.2, 0.25) is 0 Å². The fourth-order valence-corrected chi connectivity index (χ4v) is 3.20. The summed E-state index contributed by atoms with van der Waals surface area (Å²) in [4.78, 5) is 26.9. The molecule has 0 saturated carbocycles. The molecule has 1 aliphatic heterocycles. The lowest BCUT2D eigenvalue weighted by Gasteiger charge is -2.28. The molecule has 0 aliphatic carbocycles. The average molecular weight is 382 g/mol. The Morgan fingerprint density at radius 1 is 1.04 bits per heavy atom. The van der Waals surface area contributed by atoms with E-state index in [1.54, 1.807) is 19.1 Å². The van der Waals surface area contributed by atoms with Gasteiger partial charge in [0.15, 0.2) is 6.10 Å². The number of nitrogens with zero attached hydrogens (tertiary/aromatic N) is 1. The molecule has 6 heteroatoms. The number of carbonyl (C=O) groups excluding carboxylic acids is 2. The highest BCUT2D eigenvalue weighted by atomic mass is 16.5. The minimum atomic E-state index is -0.896. The van der Waals surface area contributed by atoms with Crippen LogP contribution in [0.3, 0.4) is 0 Å². The number of hydrogen-bond acceptors (Lipinski definition) is 5. The number of nitrogens with one attached hydrogen (secondary N) is 1. The number of hydrogen-bond donors (Lipinski definition) is 1. The number of amides is 1. The van der Waals surface area contributed by atoms with Crippen LogP contribution in [-0.4, -0.2) is 44.3 Å². The van der Waals surface area contributed by atoms with E-state index in [-0.39, 0.29) is 5.91 Å². The first-order valence-electron chi connectivity index (χ1n) is 9.45. The lowest BCUT2D eigenvalue weighted by Crippen LogP contribution is -2.36. The smallest absolute Gasteiger partial charge is 0.338 e. The number of aryl methyl sites for hydroxylation is 2. The molecule has 0 bridgehead atoms. The summed E-state index contributed by atoms with van der Waals surface area (Å²) in [5.74, 6) is -0.867. The van der Waals surface area contributed by atoms with E-state index < -0.39 is 12.1 Å². The van der Waals surface area contributed by atoms with Gasteiger partial charge in [-0.1, -0.05) is 17.2 Å². The molecule has 1 amide bonds. The van der Waals surface area contributed by atoms with Crippen molar-refractivity contribution in [1.82, 2.24) is 0 Å². The van der Waals surface area contributed by atoms with Gasteiger partial charge in [-0.3, -0.25) is 4.79 Å². The molecule has 1 saturated heterocycles. The second-order valence-electron chi connectivity index (χ2n) is 7.06. The number of carbonyl (C=O) groups is 2. The van der Waals surface area contributed by atoms with Crippen LogP contribution in [-0.2, 0) is 14.3 Å². The maximum Gasteiger partial charge on any atom is 0.338 e. The van der Waals surface area contributed by atoms with E-state index in [2.05, 4.69) is 10.2 Å². The van der Waals surface area contributed by atoms with Crippen molar-refractivity contribution < 1.29 is 19.1 Å². The third-order valence-corrected chi connectivity index (χ3v) is 4.62. The lowest BCUT2D eigenvalue weighted by atomic mass is 10.1. The van der Waals surface area contributed by atoms with Gasteiger partial charge in [0.05, 0.1) is 18.8 Å². The summed E-state index contributed by atoms with van der Waals surface area (Å²) in [7, 11) is 0. The molecule has 1 aliphatic rings. The Bertz CT molecular complexity index is 822. The summed E-state index contributed by atoms with van der Waals surface area (Å²) < 4.78 is 10.7. The van der Waals surface area contributed by atoms with Crippen molar-refractivity contribution in [3.05, 3.63) is 59.2 Å². The maximum atomic E-state index is 12.4. The van der Waals surface area contributed by atoms with Crippen LogP contribution in [0.4, 0.5) is 11.4 Å². The zero-order chi connectivity index (χ0) is 20.1. The highest BCUT2D eigenvalue weighted by molar-refractivity contribution is 5.97. The van der Waals surface area contributed by atoms with Crippen LogP contribution in [0.5, 0.6) is 0 Å². The molecule has 1 heterocycles. The van der Waals surface area contributed by atoms with Gasteiger partial charge >= 0.3 is 5.97 Å². The van der Waals surface area contributed by atoms with Crippen molar-refractivity contribution in [3.8, 4) is 0 Å². The van der Waals surface area contributed by atoms with Crippen LogP contribution >= 0.6 is 0 Å². The molecule has 1 N–H and O–H groups in total. The molecule has 6 nitrogen and oxygen atoms in total. The number of rotatable bonds is 5. The summed E-state index contributed by atoms with van der Waals surface area (Å²) in [6.07, 6.45) is -0.896. The zero-order valence-electron chi connectivity index (χ0n) is 16.5. The second-order valence-corrected chi connectivity index (χ2v) is 7.06. The monoisotopic (exact) mass is 382 g/mol. The summed E-state index contributed by atoms with van der Waals surface area (Å²) >= 11 is 0. The SMILES string of the molecule is Cc1cc(C)cc(C(=O)O[C@@H](C)C(=O)Nc2ccc(N3CCOCC3)cc2)c1. The van der Waals surface area contributed by atoms with Gasteiger partial charge in [-0.2, -0.15) is 0 Å². The second kappa shape index (κ2) is 8.89. The first-order valence-corrected chi connectivity index (χ1v) is 9.45. The van der Waals surface area contributed by atoms with Gasteiger partial charge in [0.25, 0.3) is 5.91 Å². The Kier molecular flexibility index (Phi) is 6.31. The standard InChI is InChI=1S/C22H26N2O4/c1-15-12-16(2)14-18(13-15)22(26)28-17(3)21(25)23-19-4-6-20(7-5-19)24-8-10-27-11-9-24/h4-7,12-14,17H,8-11H2,1-3H3,(H,23,25)/t17-/m0/s1. The topological polar surface area (TPSA) is 67.9 Å². The molecular weight excluding hydrogens is 356 g/mol. The third kappa shape index (κ3) is 5.10. The van der Waals surface area contributed by atoms with E-state index in [1.165, 1.54) is 0 Å². The van der Waals surface area contributed by atoms with Crippen LogP contribution in [0.25, 0.3) is 0 Å². The normalized spacial score (nSPS) is 15.0. The Morgan fingerprint density at radius 2 is 1.64 bits per heavy atom. The molecule has 0 spiro atoms. The quantitative estimate of drug-likeness (QED) is 0.804. The number of esters is 1. The molecule has 28 heavy (non-hydrogen) atoms. The molecule has 0 radical (unpaired) electrons. The third-order valence-electron chi connectivity index (χ3n) is 4.62. The van der Waals surface area contributed by atoms with E-state index in [4.69, 9.17) is 9.47 Å². The van der Waals surface area contributed by atoms with Crippen LogP contribution in [0.2, 0.25) is 0 Å². The fraction of sp³-hybridized carbons (Fsp3) is 0.364. The van der Waals surface area contributed by atoms with Crippen molar-refractivity contribution in [2.45, 2.75) is 26.9 Å². The molecule has 2 aromatic carbocycles. The van der Waals surface area contributed by atoms with E-state index in [0.717, 1.165) is 43.1 Å². The fourth-order valence-electron chi connectivity index (χ4n) is 3.20. The molecule has 2 aromatic rings. The van der Waals surface area contributed by atoms with E-state index in [9.17, 15) is 9.59 Å². The van der Waals surface area contributed by atoms with E-state index >= 15 is 0 Å². The Hall–Kier alpha value is -2.86. The molecular formula is C22H26N2O4. The molecule has 148 valence electrons. The zero-order valence-corrected chi connectivity index (χ0v) is 16.5. The van der Waals surface area contributed by atoms with Crippen molar-refractivity contribution in [1.29, 1.82) is 0 Å². The van der Waals surface area contributed by atoms with Crippen LogP contribution in [0, 0.1) is 13.8 Å². The number of benzene rings is 2. The largest absolute Gasteiger partial charge is 0.449 e. The Labute approximate surface area is 165 Å². The molecule has 0 unspecified atom stereocenters. The minimum Gasteiger partial charge on any atom is -0.449 e. The van der Waals surface area contributed by atoms with Gasteiger partial charge in [0.1, 0.15) is 0 Å². The van der Waals surface area contributed by atoms with Crippen LogP contribution in [0.1, 0.15) is 28.4 Å². The summed E-state index contributed by atoms with van der Waals surface area (Å²) in [6.45, 7) is 8.57. The van der Waals surface area contributed by atoms with E-state index in [1.807, 2.05) is 44.2 Å². The van der Waals surface area contributed by atoms with Gasteiger partial charge in [-0.05, 0) is 57.2 Å². The van der Waals surface area contributed by atoms with Crippen molar-refractivity contribution in [3.63, 3.8) is 0 Å². The van der Waals surface area contributed by atoms with Crippen molar-refractivity contribution >= 4 is 23.3 Å². The maximum absolute atomic E-state index is 12.4. The molecule has 1 fully saturated rings. The molecule has 1 atom stereocenters. The Morgan fingerprint density at radius 3 is 2.25 bits per heavy atom. The predicted octanol–water partition coefficient (Wildman–Crippen LogP) is 3.32. The van der Waals surface area contributed by atoms with Gasteiger partial charge in [0, 0.05) is 24.5 Å². The van der Waals surface area contributed by atoms with Crippen molar-refractivity contribution in [2.24, 2.45) is 0 Å². The number of morpholine rings is 1. The number of ether oxygens (including phenoxy) is 2. The number of anilines is 2. The van der Waals surface area contributed by atoms with E-state index in [0.29, 0.717) is 11.3 Å². The average Bonchev–Trinajstić information content (AvgIpc) is 2.68. The first-order chi connectivity index (χ1) is 13.4. The van der Waals surface area contributed by atoms with Gasteiger partial charge in [-0.25, -0.2) is 4.79 Å². The highest BCUT2D eigenvalue weighted by Gasteiger charge is 2.19. The van der Waals surface area contributed by atoms with Gasteiger partial charge in [-0.15, -0.1) is 0 Å². The highest BCUT2D eigenvalue weighted by Crippen LogP contribution is 2.19. The van der Waals surface area contributed by atoms with Crippen LogP contribution < -0.4 is 10.2 Å². The predicted molar refractivity (Wildman–Crippen MR) is 109 cm³/mol. The summed E-state index contributed by atoms with van der Waals surface area (Å²) in [5, 5.41) is 2.79. The molecule has 3 rings (SSSR count). The molecule has 0 aromatic heterocycles. The lowest BCUT2D eigenvalue weighted by molar-refractivity contribution is -0.123. The van der Waals surface area contributed by atoms with Gasteiger partial charge < -0.3 is 19.7 Å².